The molecule has 0 unspecified atom stereocenters. The summed E-state index contributed by atoms with van der Waals surface area (Å²) in [6.45, 7) is 6.38. The molecule has 3 nitrogen and oxygen atoms in total. The van der Waals surface area contributed by atoms with Gasteiger partial charge in [-0.2, -0.15) is 0 Å². The fraction of sp³-hybridized carbons (Fsp3) is 0.619. The van der Waals surface area contributed by atoms with Crippen molar-refractivity contribution in [2.24, 2.45) is 0 Å². The molecule has 25 heavy (non-hydrogen) atoms. The lowest BCUT2D eigenvalue weighted by molar-refractivity contribution is 0.0773. The van der Waals surface area contributed by atoms with Crippen LogP contribution in [-0.2, 0) is 10.5 Å². The van der Waals surface area contributed by atoms with Crippen molar-refractivity contribution in [1.29, 1.82) is 0 Å². The van der Waals surface area contributed by atoms with Gasteiger partial charge in [-0.1, -0.05) is 54.3 Å². The molecule has 2 heterocycles. The van der Waals surface area contributed by atoms with Gasteiger partial charge in [0.2, 0.25) is 0 Å². The molecule has 0 spiro atoms. The van der Waals surface area contributed by atoms with Crippen molar-refractivity contribution in [3.05, 3.63) is 41.0 Å². The minimum Gasteiger partial charge on any atom is -0.379 e. The molecule has 4 heteroatoms. The first kappa shape index (κ1) is 17.6. The SMILES string of the molecule is C(=C1CCN(C2CCC2)CC1)c1ccc(CSN2CCOCC2)cc1. The molecule has 1 saturated carbocycles. The van der Waals surface area contributed by atoms with Gasteiger partial charge < -0.3 is 4.74 Å². The quantitative estimate of drug-likeness (QED) is 0.733. The summed E-state index contributed by atoms with van der Waals surface area (Å²) < 4.78 is 7.83. The summed E-state index contributed by atoms with van der Waals surface area (Å²) in [6.07, 6.45) is 9.25. The second kappa shape index (κ2) is 8.72. The Balaban J connectivity index is 1.25. The molecular formula is C21H30N2OS. The molecule has 2 aliphatic heterocycles. The normalized spacial score (nSPS) is 23.4. The molecule has 1 aromatic rings. The summed E-state index contributed by atoms with van der Waals surface area (Å²) in [5.74, 6) is 1.06. The smallest absolute Gasteiger partial charge is 0.0603 e. The van der Waals surface area contributed by atoms with Gasteiger partial charge in [-0.05, 0) is 36.8 Å². The van der Waals surface area contributed by atoms with Gasteiger partial charge in [0.1, 0.15) is 0 Å². The minimum absolute atomic E-state index is 0.873. The van der Waals surface area contributed by atoms with Gasteiger partial charge in [0.05, 0.1) is 13.2 Å². The molecule has 136 valence electrons. The zero-order valence-corrected chi connectivity index (χ0v) is 16.0. The maximum absolute atomic E-state index is 5.40. The molecule has 1 aromatic carbocycles. The molecular weight excluding hydrogens is 328 g/mol. The number of ether oxygens (including phenoxy) is 1. The van der Waals surface area contributed by atoms with Crippen LogP contribution in [0.2, 0.25) is 0 Å². The zero-order chi connectivity index (χ0) is 16.9. The highest BCUT2D eigenvalue weighted by Gasteiger charge is 2.26. The van der Waals surface area contributed by atoms with Crippen LogP contribution in [0.3, 0.4) is 0 Å². The Morgan fingerprint density at radius 2 is 1.72 bits per heavy atom. The van der Waals surface area contributed by atoms with Gasteiger partial charge in [0.15, 0.2) is 0 Å². The third kappa shape index (κ3) is 4.88. The van der Waals surface area contributed by atoms with E-state index in [1.165, 1.54) is 56.3 Å². The number of benzene rings is 1. The minimum atomic E-state index is 0.873. The lowest BCUT2D eigenvalue weighted by atomic mass is 9.89. The Labute approximate surface area is 156 Å². The highest BCUT2D eigenvalue weighted by molar-refractivity contribution is 7.96. The van der Waals surface area contributed by atoms with Crippen molar-refractivity contribution >= 4 is 18.0 Å². The predicted octanol–water partition coefficient (Wildman–Crippen LogP) is 4.20. The Morgan fingerprint density at radius 3 is 2.36 bits per heavy atom. The fourth-order valence-corrected chi connectivity index (χ4v) is 4.79. The summed E-state index contributed by atoms with van der Waals surface area (Å²) in [7, 11) is 0. The molecule has 0 aromatic heterocycles. The number of piperidine rings is 1. The van der Waals surface area contributed by atoms with Crippen molar-refractivity contribution in [1.82, 2.24) is 9.21 Å². The van der Waals surface area contributed by atoms with E-state index in [0.717, 1.165) is 38.1 Å². The van der Waals surface area contributed by atoms with Crippen LogP contribution in [0.15, 0.2) is 29.8 Å². The third-order valence-electron chi connectivity index (χ3n) is 5.77. The van der Waals surface area contributed by atoms with Gasteiger partial charge in [-0.25, -0.2) is 4.31 Å². The second-order valence-corrected chi connectivity index (χ2v) is 8.54. The summed E-state index contributed by atoms with van der Waals surface area (Å²) >= 11 is 1.93. The Kier molecular flexibility index (Phi) is 6.14. The van der Waals surface area contributed by atoms with Crippen LogP contribution in [0, 0.1) is 0 Å². The van der Waals surface area contributed by atoms with Crippen molar-refractivity contribution in [2.45, 2.75) is 43.9 Å². The van der Waals surface area contributed by atoms with Crippen LogP contribution < -0.4 is 0 Å². The number of morpholine rings is 1. The van der Waals surface area contributed by atoms with Crippen LogP contribution >= 0.6 is 11.9 Å². The van der Waals surface area contributed by atoms with E-state index in [0.29, 0.717) is 0 Å². The van der Waals surface area contributed by atoms with E-state index >= 15 is 0 Å². The molecule has 0 bridgehead atoms. The third-order valence-corrected chi connectivity index (χ3v) is 6.96. The van der Waals surface area contributed by atoms with E-state index in [9.17, 15) is 0 Å². The van der Waals surface area contributed by atoms with E-state index in [-0.39, 0.29) is 0 Å². The van der Waals surface area contributed by atoms with Gasteiger partial charge in [-0.15, -0.1) is 0 Å². The standard InChI is InChI=1S/C21H30N2OS/c1-2-21(3-1)22-10-8-19(9-11-22)16-18-4-6-20(7-5-18)17-25-23-12-14-24-15-13-23/h4-7,16,21H,1-3,8-15,17H2. The molecule has 0 N–H and O–H groups in total. The summed E-state index contributed by atoms with van der Waals surface area (Å²) in [4.78, 5) is 2.72. The van der Waals surface area contributed by atoms with Crippen LogP contribution in [0.5, 0.6) is 0 Å². The van der Waals surface area contributed by atoms with E-state index in [4.69, 9.17) is 4.74 Å². The Hall–Kier alpha value is -0.810. The van der Waals surface area contributed by atoms with E-state index in [2.05, 4.69) is 39.5 Å². The van der Waals surface area contributed by atoms with Crippen LogP contribution in [0.4, 0.5) is 0 Å². The van der Waals surface area contributed by atoms with Crippen molar-refractivity contribution in [2.75, 3.05) is 39.4 Å². The highest BCUT2D eigenvalue weighted by atomic mass is 32.2. The van der Waals surface area contributed by atoms with E-state index < -0.39 is 0 Å². The van der Waals surface area contributed by atoms with Crippen LogP contribution in [0.1, 0.15) is 43.2 Å². The first-order chi connectivity index (χ1) is 12.4. The van der Waals surface area contributed by atoms with Crippen molar-refractivity contribution in [3.8, 4) is 0 Å². The maximum Gasteiger partial charge on any atom is 0.0603 e. The highest BCUT2D eigenvalue weighted by Crippen LogP contribution is 2.29. The van der Waals surface area contributed by atoms with Crippen LogP contribution in [-0.4, -0.2) is 54.6 Å². The van der Waals surface area contributed by atoms with Gasteiger partial charge >= 0.3 is 0 Å². The molecule has 3 aliphatic rings. The number of rotatable bonds is 5. The van der Waals surface area contributed by atoms with Gasteiger partial charge in [0.25, 0.3) is 0 Å². The fourth-order valence-electron chi connectivity index (χ4n) is 3.86. The first-order valence-corrected chi connectivity index (χ1v) is 10.8. The Morgan fingerprint density at radius 1 is 1.00 bits per heavy atom. The van der Waals surface area contributed by atoms with Crippen molar-refractivity contribution in [3.63, 3.8) is 0 Å². The molecule has 3 fully saturated rings. The topological polar surface area (TPSA) is 15.7 Å². The monoisotopic (exact) mass is 358 g/mol. The number of hydrogen-bond acceptors (Lipinski definition) is 4. The lowest BCUT2D eigenvalue weighted by Gasteiger charge is -2.40. The summed E-state index contributed by atoms with van der Waals surface area (Å²) in [6, 6.07) is 10.1. The number of nitrogens with zero attached hydrogens (tertiary/aromatic N) is 2. The Bertz CT molecular complexity index is 566. The van der Waals surface area contributed by atoms with Gasteiger partial charge in [0, 0.05) is 38.0 Å². The lowest BCUT2D eigenvalue weighted by Crippen LogP contribution is -2.43. The largest absolute Gasteiger partial charge is 0.379 e. The molecule has 4 rings (SSSR count). The first-order valence-electron chi connectivity index (χ1n) is 9.85. The molecule has 0 atom stereocenters. The summed E-state index contributed by atoms with van der Waals surface area (Å²) in [5.41, 5.74) is 4.41. The average Bonchev–Trinajstić information content (AvgIpc) is 2.62. The molecule has 1 aliphatic carbocycles. The summed E-state index contributed by atoms with van der Waals surface area (Å²) in [5, 5.41) is 0. The van der Waals surface area contributed by atoms with E-state index in [1.807, 2.05) is 11.9 Å². The van der Waals surface area contributed by atoms with Gasteiger partial charge in [-0.3, -0.25) is 4.90 Å². The molecule has 0 amide bonds. The number of likely N-dealkylation sites (tertiary alicyclic amines) is 1. The predicted molar refractivity (Wildman–Crippen MR) is 107 cm³/mol. The van der Waals surface area contributed by atoms with Crippen LogP contribution in [0.25, 0.3) is 6.08 Å². The molecule has 0 radical (unpaired) electrons. The second-order valence-electron chi connectivity index (χ2n) is 7.48. The van der Waals surface area contributed by atoms with Crippen molar-refractivity contribution < 1.29 is 4.74 Å². The zero-order valence-electron chi connectivity index (χ0n) is 15.2. The maximum atomic E-state index is 5.40. The average molecular weight is 359 g/mol. The molecule has 2 saturated heterocycles. The van der Waals surface area contributed by atoms with E-state index in [1.54, 1.807) is 5.57 Å². The number of hydrogen-bond donors (Lipinski definition) is 0.